The van der Waals surface area contributed by atoms with Gasteiger partial charge in [-0.1, -0.05) is 0 Å². The molecule has 43 heavy (non-hydrogen) atoms. The van der Waals surface area contributed by atoms with Gasteiger partial charge in [0.25, 0.3) is 0 Å². The van der Waals surface area contributed by atoms with E-state index in [9.17, 15) is 0 Å². The average molecular weight is 601 g/mol. The molecule has 0 bridgehead atoms. The molecule has 6 rings (SSSR count). The number of hydrogen-bond acceptors (Lipinski definition) is 9. The van der Waals surface area contributed by atoms with Crippen LogP contribution in [0.5, 0.6) is 17.2 Å². The molecule has 226 valence electrons. The van der Waals surface area contributed by atoms with E-state index in [1.165, 1.54) is 0 Å². The number of imidazole rings is 1. The number of rotatable bonds is 7. The summed E-state index contributed by atoms with van der Waals surface area (Å²) in [5.74, 6) is 3.53. The van der Waals surface area contributed by atoms with E-state index in [4.69, 9.17) is 9.47 Å². The van der Waals surface area contributed by atoms with E-state index in [2.05, 4.69) is 62.5 Å². The number of pyridine rings is 1. The Morgan fingerprint density at radius 2 is 1.67 bits per heavy atom. The van der Waals surface area contributed by atoms with Crippen molar-refractivity contribution < 1.29 is 9.47 Å². The Morgan fingerprint density at radius 3 is 2.40 bits per heavy atom. The molecule has 10 nitrogen and oxygen atoms in total. The summed E-state index contributed by atoms with van der Waals surface area (Å²) < 4.78 is 14.7. The Labute approximate surface area is 254 Å². The van der Waals surface area contributed by atoms with Crippen molar-refractivity contribution in [3.63, 3.8) is 0 Å². The van der Waals surface area contributed by atoms with Crippen LogP contribution in [0.2, 0.25) is 0 Å². The summed E-state index contributed by atoms with van der Waals surface area (Å²) >= 11 is 0. The molecule has 3 aromatic heterocycles. The molecule has 4 heterocycles. The Bertz CT molecular complexity index is 1700. The van der Waals surface area contributed by atoms with Gasteiger partial charge in [0.2, 0.25) is 0 Å². The fourth-order valence-corrected chi connectivity index (χ4v) is 4.97. The number of ether oxygens (including phenoxy) is 2. The number of likely N-dealkylation sites (tertiary alicyclic amines) is 1. The van der Waals surface area contributed by atoms with Crippen molar-refractivity contribution in [2.24, 2.45) is 7.05 Å². The predicted octanol–water partition coefficient (Wildman–Crippen LogP) is 6.63. The van der Waals surface area contributed by atoms with Crippen LogP contribution < -0.4 is 20.1 Å². The summed E-state index contributed by atoms with van der Waals surface area (Å²) in [7, 11) is 6.35. The summed E-state index contributed by atoms with van der Waals surface area (Å²) in [5.41, 5.74) is 4.55. The molecule has 1 aliphatic rings. The second-order valence-electron chi connectivity index (χ2n) is 11.3. The maximum atomic E-state index is 6.56. The van der Waals surface area contributed by atoms with Crippen molar-refractivity contribution in [3.8, 4) is 17.2 Å². The molecule has 2 aromatic carbocycles. The lowest BCUT2D eigenvalue weighted by molar-refractivity contribution is 0.116. The third kappa shape index (κ3) is 7.32. The quantitative estimate of drug-likeness (QED) is 0.199. The fraction of sp³-hybridized carbons (Fsp3) is 0.375. The Balaban J connectivity index is 0.000000868. The average Bonchev–Trinajstić information content (AvgIpc) is 3.35. The van der Waals surface area contributed by atoms with Crippen molar-refractivity contribution in [1.29, 1.82) is 0 Å². The van der Waals surface area contributed by atoms with Crippen LogP contribution in [0.1, 0.15) is 18.4 Å². The van der Waals surface area contributed by atoms with E-state index in [-0.39, 0.29) is 6.10 Å². The molecule has 0 amide bonds. The second kappa shape index (κ2) is 13.5. The molecule has 0 aliphatic carbocycles. The number of hydrogen-bond donors (Lipinski definition) is 2. The molecule has 0 spiro atoms. The van der Waals surface area contributed by atoms with Crippen molar-refractivity contribution >= 4 is 47.2 Å². The first-order valence-corrected chi connectivity index (χ1v) is 17.1. The minimum Gasteiger partial charge on any atom is -0.486 e. The number of anilines is 3. The minimum absolute atomic E-state index is 0.109. The van der Waals surface area contributed by atoms with E-state index < -0.39 is 0 Å². The van der Waals surface area contributed by atoms with Gasteiger partial charge in [-0.15, -0.1) is 7.92 Å². The van der Waals surface area contributed by atoms with Crippen molar-refractivity contribution in [1.82, 2.24) is 29.4 Å². The number of aromatic nitrogens is 5. The van der Waals surface area contributed by atoms with Crippen LogP contribution in [0, 0.1) is 6.92 Å². The molecule has 0 unspecified atom stereocenters. The van der Waals surface area contributed by atoms with Crippen LogP contribution in [-0.2, 0) is 7.05 Å². The number of piperidine rings is 1. The third-order valence-corrected chi connectivity index (χ3v) is 7.18. The van der Waals surface area contributed by atoms with Crippen LogP contribution in [-0.4, -0.2) is 82.7 Å². The van der Waals surface area contributed by atoms with Gasteiger partial charge in [0.05, 0.1) is 34.5 Å². The first-order chi connectivity index (χ1) is 20.7. The summed E-state index contributed by atoms with van der Waals surface area (Å²) in [6, 6.07) is 11.9. The SMILES string of the molecule is CNc1ncc2ncnc(Nc3ccc(Oc4ccc5c(c4)ncn5C)c(C)c3)c2c1OC1CCN(C)CC1.CP(C)C. The van der Waals surface area contributed by atoms with Gasteiger partial charge in [-0.2, -0.15) is 0 Å². The van der Waals surface area contributed by atoms with Gasteiger partial charge in [-0.05, 0) is 82.7 Å². The topological polar surface area (TPSA) is 102 Å². The third-order valence-electron chi connectivity index (χ3n) is 7.18. The number of aryl methyl sites for hydroxylation is 2. The minimum atomic E-state index is 0.109. The molecule has 0 radical (unpaired) electrons. The molecule has 1 fully saturated rings. The lowest BCUT2D eigenvalue weighted by atomic mass is 10.1. The summed E-state index contributed by atoms with van der Waals surface area (Å²) in [6.45, 7) is 10.7. The van der Waals surface area contributed by atoms with Gasteiger partial charge in [-0.25, -0.2) is 19.9 Å². The molecule has 11 heteroatoms. The molecular weight excluding hydrogens is 559 g/mol. The van der Waals surface area contributed by atoms with Gasteiger partial charge < -0.3 is 29.6 Å². The molecule has 5 aromatic rings. The number of fused-ring (bicyclic) bond motifs is 2. The summed E-state index contributed by atoms with van der Waals surface area (Å²) in [5, 5.41) is 7.46. The summed E-state index contributed by atoms with van der Waals surface area (Å²) in [6.07, 6.45) is 7.12. The Morgan fingerprint density at radius 1 is 0.907 bits per heavy atom. The van der Waals surface area contributed by atoms with Gasteiger partial charge >= 0.3 is 0 Å². The van der Waals surface area contributed by atoms with E-state index >= 15 is 0 Å². The smallest absolute Gasteiger partial charge is 0.175 e. The number of nitrogens with zero attached hydrogens (tertiary/aromatic N) is 6. The lowest BCUT2D eigenvalue weighted by Gasteiger charge is -2.30. The lowest BCUT2D eigenvalue weighted by Crippen LogP contribution is -2.35. The van der Waals surface area contributed by atoms with Gasteiger partial charge in [0, 0.05) is 38.9 Å². The van der Waals surface area contributed by atoms with Gasteiger partial charge in [0.1, 0.15) is 29.7 Å². The maximum Gasteiger partial charge on any atom is 0.175 e. The molecule has 1 saturated heterocycles. The van der Waals surface area contributed by atoms with Crippen LogP contribution in [0.4, 0.5) is 17.3 Å². The van der Waals surface area contributed by atoms with E-state index in [0.29, 0.717) is 25.3 Å². The van der Waals surface area contributed by atoms with Gasteiger partial charge in [-0.3, -0.25) is 0 Å². The number of nitrogens with one attached hydrogen (secondary N) is 2. The first kappa shape index (κ1) is 30.4. The molecule has 0 atom stereocenters. The monoisotopic (exact) mass is 600 g/mol. The highest BCUT2D eigenvalue weighted by molar-refractivity contribution is 7.55. The van der Waals surface area contributed by atoms with Crippen LogP contribution >= 0.6 is 7.92 Å². The highest BCUT2D eigenvalue weighted by Crippen LogP contribution is 2.38. The van der Waals surface area contributed by atoms with Crippen molar-refractivity contribution in [2.45, 2.75) is 25.9 Å². The van der Waals surface area contributed by atoms with E-state index in [1.807, 2.05) is 62.0 Å². The van der Waals surface area contributed by atoms with Crippen molar-refractivity contribution in [2.75, 3.05) is 57.8 Å². The predicted molar refractivity (Wildman–Crippen MR) is 178 cm³/mol. The largest absolute Gasteiger partial charge is 0.486 e. The Kier molecular flexibility index (Phi) is 9.58. The van der Waals surface area contributed by atoms with Crippen LogP contribution in [0.15, 0.2) is 55.2 Å². The highest BCUT2D eigenvalue weighted by Gasteiger charge is 2.23. The van der Waals surface area contributed by atoms with E-state index in [0.717, 1.165) is 70.6 Å². The van der Waals surface area contributed by atoms with Crippen LogP contribution in [0.3, 0.4) is 0 Å². The molecule has 1 aliphatic heterocycles. The normalized spacial score (nSPS) is 14.0. The zero-order valence-electron chi connectivity index (χ0n) is 26.0. The zero-order valence-corrected chi connectivity index (χ0v) is 26.9. The standard InChI is InChI=1S/C29H32N8O2.C3H9P/c1-18-13-19(5-8-25(18)38-21-6-7-24-22(14-21)34-17-37(24)4)35-28-26-23(32-16-33-28)15-31-29(30-2)27(26)39-20-9-11-36(3)12-10-20;1-4(2)3/h5-8,13-17,20H,9-12H2,1-4H3,(H,30,31)(H,32,33,35);1-3H3. The summed E-state index contributed by atoms with van der Waals surface area (Å²) in [4.78, 5) is 20.4. The van der Waals surface area contributed by atoms with Crippen molar-refractivity contribution in [3.05, 3.63) is 60.8 Å². The first-order valence-electron chi connectivity index (χ1n) is 14.5. The molecule has 0 saturated carbocycles. The highest BCUT2D eigenvalue weighted by atomic mass is 31.1. The second-order valence-corrected chi connectivity index (χ2v) is 14.0. The molecule has 2 N–H and O–H groups in total. The zero-order chi connectivity index (χ0) is 30.5. The number of benzene rings is 2. The van der Waals surface area contributed by atoms with Crippen LogP contribution in [0.25, 0.3) is 21.9 Å². The molecular formula is C32H41N8O2P. The fourth-order valence-electron chi connectivity index (χ4n) is 4.97. The van der Waals surface area contributed by atoms with Gasteiger partial charge in [0.15, 0.2) is 11.6 Å². The Hall–Kier alpha value is -4.01. The van der Waals surface area contributed by atoms with E-state index in [1.54, 1.807) is 18.9 Å². The maximum absolute atomic E-state index is 6.56.